The molecule has 2 rings (SSSR count). The Kier molecular flexibility index (Phi) is 2.59. The summed E-state index contributed by atoms with van der Waals surface area (Å²) in [6, 6.07) is 5.32. The Bertz CT molecular complexity index is 481. The van der Waals surface area contributed by atoms with Crippen LogP contribution in [0.2, 0.25) is 0 Å². The molecule has 82 valence electrons. The minimum Gasteiger partial charge on any atom is -0.320 e. The van der Waals surface area contributed by atoms with E-state index in [1.54, 1.807) is 0 Å². The van der Waals surface area contributed by atoms with Crippen molar-refractivity contribution >= 4 is 11.6 Å². The molecule has 1 saturated heterocycles. The van der Waals surface area contributed by atoms with Gasteiger partial charge in [-0.1, -0.05) is 0 Å². The van der Waals surface area contributed by atoms with Gasteiger partial charge in [0, 0.05) is 6.54 Å². The summed E-state index contributed by atoms with van der Waals surface area (Å²) in [6.07, 6.45) is 0.526. The maximum atomic E-state index is 13.6. The van der Waals surface area contributed by atoms with Crippen molar-refractivity contribution in [2.45, 2.75) is 12.5 Å². The van der Waals surface area contributed by atoms with E-state index in [1.807, 2.05) is 6.07 Å². The second kappa shape index (κ2) is 3.91. The molecule has 5 heteroatoms. The van der Waals surface area contributed by atoms with Crippen LogP contribution in [0.15, 0.2) is 18.2 Å². The third kappa shape index (κ3) is 1.64. The zero-order valence-electron chi connectivity index (χ0n) is 8.48. The minimum atomic E-state index is -0.568. The number of nitriles is 1. The molecule has 4 nitrogen and oxygen atoms in total. The highest BCUT2D eigenvalue weighted by atomic mass is 19.1. The van der Waals surface area contributed by atoms with Gasteiger partial charge in [0.25, 0.3) is 0 Å². The van der Waals surface area contributed by atoms with Gasteiger partial charge in [-0.3, -0.25) is 4.79 Å². The minimum absolute atomic E-state index is 0.192. The number of carbonyl (C=O) groups is 1. The number of halogens is 1. The molecule has 16 heavy (non-hydrogen) atoms. The molecule has 1 amide bonds. The number of anilines is 1. The molecule has 1 aliphatic rings. The topological polar surface area (TPSA) is 70.1 Å². The highest BCUT2D eigenvalue weighted by Crippen LogP contribution is 2.24. The largest absolute Gasteiger partial charge is 0.320 e. The van der Waals surface area contributed by atoms with Crippen LogP contribution in [0, 0.1) is 17.1 Å². The average molecular weight is 219 g/mol. The summed E-state index contributed by atoms with van der Waals surface area (Å²) in [5, 5.41) is 8.60. The average Bonchev–Trinajstić information content (AvgIpc) is 2.60. The maximum absolute atomic E-state index is 13.6. The quantitative estimate of drug-likeness (QED) is 0.758. The molecule has 0 saturated carbocycles. The van der Waals surface area contributed by atoms with E-state index in [0.717, 1.165) is 6.07 Å². The molecule has 0 radical (unpaired) electrons. The highest BCUT2D eigenvalue weighted by molar-refractivity contribution is 5.99. The van der Waals surface area contributed by atoms with Crippen LogP contribution >= 0.6 is 0 Å². The lowest BCUT2D eigenvalue weighted by Gasteiger charge is -2.16. The van der Waals surface area contributed by atoms with Gasteiger partial charge < -0.3 is 10.6 Å². The first-order chi connectivity index (χ1) is 7.63. The summed E-state index contributed by atoms with van der Waals surface area (Å²) in [7, 11) is 0. The normalized spacial score (nSPS) is 19.9. The molecule has 1 atom stereocenters. The summed E-state index contributed by atoms with van der Waals surface area (Å²) < 4.78 is 13.6. The van der Waals surface area contributed by atoms with Crippen molar-refractivity contribution < 1.29 is 9.18 Å². The molecule has 1 aromatic carbocycles. The van der Waals surface area contributed by atoms with Crippen molar-refractivity contribution in [1.82, 2.24) is 0 Å². The predicted molar refractivity (Wildman–Crippen MR) is 56.1 cm³/mol. The lowest BCUT2D eigenvalue weighted by Crippen LogP contribution is -2.34. The summed E-state index contributed by atoms with van der Waals surface area (Å²) in [5.41, 5.74) is 5.97. The van der Waals surface area contributed by atoms with Crippen molar-refractivity contribution in [1.29, 1.82) is 5.26 Å². The molecule has 0 aromatic heterocycles. The number of nitrogens with two attached hydrogens (primary N) is 1. The van der Waals surface area contributed by atoms with Gasteiger partial charge in [-0.25, -0.2) is 4.39 Å². The second-order valence-electron chi connectivity index (χ2n) is 3.66. The Morgan fingerprint density at radius 3 is 2.81 bits per heavy atom. The van der Waals surface area contributed by atoms with Crippen molar-refractivity contribution in [3.63, 3.8) is 0 Å². The van der Waals surface area contributed by atoms with Gasteiger partial charge in [0.2, 0.25) is 5.91 Å². The smallest absolute Gasteiger partial charge is 0.244 e. The van der Waals surface area contributed by atoms with E-state index in [-0.39, 0.29) is 17.2 Å². The SMILES string of the molecule is N#Cc1ccc(N2CC[C@H](N)C2=O)c(F)c1. The number of hydrogen-bond acceptors (Lipinski definition) is 3. The van der Waals surface area contributed by atoms with E-state index in [0.29, 0.717) is 13.0 Å². The molecule has 0 aliphatic carbocycles. The van der Waals surface area contributed by atoms with Crippen LogP contribution in [0.25, 0.3) is 0 Å². The second-order valence-corrected chi connectivity index (χ2v) is 3.66. The van der Waals surface area contributed by atoms with E-state index in [2.05, 4.69) is 0 Å². The highest BCUT2D eigenvalue weighted by Gasteiger charge is 2.30. The van der Waals surface area contributed by atoms with Gasteiger partial charge in [-0.2, -0.15) is 5.26 Å². The van der Waals surface area contributed by atoms with Gasteiger partial charge >= 0.3 is 0 Å². The molecule has 1 aliphatic heterocycles. The van der Waals surface area contributed by atoms with Crippen LogP contribution in [0.4, 0.5) is 10.1 Å². The van der Waals surface area contributed by atoms with Gasteiger partial charge in [0.1, 0.15) is 5.82 Å². The number of hydrogen-bond donors (Lipinski definition) is 1. The first kappa shape index (κ1) is 10.6. The van der Waals surface area contributed by atoms with Gasteiger partial charge in [0.15, 0.2) is 0 Å². The van der Waals surface area contributed by atoms with E-state index in [1.165, 1.54) is 17.0 Å². The maximum Gasteiger partial charge on any atom is 0.244 e. The monoisotopic (exact) mass is 219 g/mol. The van der Waals surface area contributed by atoms with Crippen LogP contribution in [0.5, 0.6) is 0 Å². The molecule has 1 aromatic rings. The third-order valence-corrected chi connectivity index (χ3v) is 2.61. The zero-order chi connectivity index (χ0) is 11.7. The van der Waals surface area contributed by atoms with Gasteiger partial charge in [-0.15, -0.1) is 0 Å². The van der Waals surface area contributed by atoms with Crippen molar-refractivity contribution in [3.8, 4) is 6.07 Å². The Morgan fingerprint density at radius 1 is 1.56 bits per heavy atom. The standard InChI is InChI=1S/C11H10FN3O/c12-8-5-7(6-13)1-2-10(8)15-4-3-9(14)11(15)16/h1-2,5,9H,3-4,14H2/t9-/m0/s1. The zero-order valence-corrected chi connectivity index (χ0v) is 8.48. The number of amides is 1. The van der Waals surface area contributed by atoms with Gasteiger partial charge in [-0.05, 0) is 24.6 Å². The lowest BCUT2D eigenvalue weighted by molar-refractivity contribution is -0.118. The summed E-state index contributed by atoms with van der Waals surface area (Å²) >= 11 is 0. The molecule has 1 fully saturated rings. The third-order valence-electron chi connectivity index (χ3n) is 2.61. The Balaban J connectivity index is 2.35. The molecule has 2 N–H and O–H groups in total. The predicted octanol–water partition coefficient (Wildman–Crippen LogP) is 0.761. The molecular weight excluding hydrogens is 209 g/mol. The summed E-state index contributed by atoms with van der Waals surface area (Å²) in [5.74, 6) is -0.842. The molecular formula is C11H10FN3O. The first-order valence-corrected chi connectivity index (χ1v) is 4.90. The fraction of sp³-hybridized carbons (Fsp3) is 0.273. The van der Waals surface area contributed by atoms with Crippen molar-refractivity contribution in [3.05, 3.63) is 29.6 Å². The molecule has 0 spiro atoms. The van der Waals surface area contributed by atoms with Crippen molar-refractivity contribution in [2.24, 2.45) is 5.73 Å². The Labute approximate surface area is 92.1 Å². The van der Waals surface area contributed by atoms with Gasteiger partial charge in [0.05, 0.1) is 23.4 Å². The number of nitrogens with zero attached hydrogens (tertiary/aromatic N) is 2. The van der Waals surface area contributed by atoms with E-state index < -0.39 is 11.9 Å². The Hall–Kier alpha value is -1.93. The number of carbonyl (C=O) groups excluding carboxylic acids is 1. The van der Waals surface area contributed by atoms with Crippen LogP contribution < -0.4 is 10.6 Å². The molecule has 1 heterocycles. The van der Waals surface area contributed by atoms with Crippen LogP contribution in [0.1, 0.15) is 12.0 Å². The Morgan fingerprint density at radius 2 is 2.31 bits per heavy atom. The van der Waals surface area contributed by atoms with Crippen molar-refractivity contribution in [2.75, 3.05) is 11.4 Å². The first-order valence-electron chi connectivity index (χ1n) is 4.90. The van der Waals surface area contributed by atoms with E-state index in [4.69, 9.17) is 11.0 Å². The summed E-state index contributed by atoms with van der Waals surface area (Å²) in [6.45, 7) is 0.419. The fourth-order valence-electron chi connectivity index (χ4n) is 1.74. The molecule has 0 bridgehead atoms. The van der Waals surface area contributed by atoms with Crippen LogP contribution in [-0.2, 0) is 4.79 Å². The fourth-order valence-corrected chi connectivity index (χ4v) is 1.74. The summed E-state index contributed by atoms with van der Waals surface area (Å²) in [4.78, 5) is 12.9. The lowest BCUT2D eigenvalue weighted by atomic mass is 10.2. The van der Waals surface area contributed by atoms with E-state index >= 15 is 0 Å². The molecule has 0 unspecified atom stereocenters. The van der Waals surface area contributed by atoms with E-state index in [9.17, 15) is 9.18 Å². The number of benzene rings is 1. The van der Waals surface area contributed by atoms with Crippen LogP contribution in [-0.4, -0.2) is 18.5 Å². The van der Waals surface area contributed by atoms with Crippen LogP contribution in [0.3, 0.4) is 0 Å². The number of rotatable bonds is 1.